The molecule has 136 valence electrons. The number of hydrogen-bond donors (Lipinski definition) is 1. The van der Waals surface area contributed by atoms with Crippen LogP contribution in [0.3, 0.4) is 0 Å². The fourth-order valence-corrected chi connectivity index (χ4v) is 3.23. The monoisotopic (exact) mass is 354 g/mol. The molecule has 0 aromatic heterocycles. The van der Waals surface area contributed by atoms with E-state index in [1.54, 1.807) is 23.1 Å². The first-order valence-corrected chi connectivity index (χ1v) is 8.88. The molecule has 1 aliphatic rings. The van der Waals surface area contributed by atoms with Crippen LogP contribution in [0.2, 0.25) is 0 Å². The average molecular weight is 354 g/mol. The van der Waals surface area contributed by atoms with Crippen molar-refractivity contribution in [1.82, 2.24) is 10.2 Å². The molecule has 0 saturated carbocycles. The first kappa shape index (κ1) is 18.1. The highest BCUT2D eigenvalue weighted by Crippen LogP contribution is 2.24. The molecule has 3 rings (SSSR count). The van der Waals surface area contributed by atoms with Gasteiger partial charge in [0.25, 0.3) is 0 Å². The summed E-state index contributed by atoms with van der Waals surface area (Å²) in [5.74, 6) is -0.413. The molecule has 0 radical (unpaired) electrons. The highest BCUT2D eigenvalue weighted by atomic mass is 19.1. The molecule has 0 spiro atoms. The Morgan fingerprint density at radius 2 is 1.92 bits per heavy atom. The van der Waals surface area contributed by atoms with Gasteiger partial charge in [0.1, 0.15) is 5.82 Å². The highest BCUT2D eigenvalue weighted by molar-refractivity contribution is 5.82. The van der Waals surface area contributed by atoms with Gasteiger partial charge in [0, 0.05) is 37.5 Å². The number of halogens is 1. The summed E-state index contributed by atoms with van der Waals surface area (Å²) in [6.07, 6.45) is 1.39. The zero-order valence-electron chi connectivity index (χ0n) is 14.9. The summed E-state index contributed by atoms with van der Waals surface area (Å²) in [5.41, 5.74) is 2.69. The molecule has 1 saturated heterocycles. The first-order chi connectivity index (χ1) is 12.5. The number of hydrogen-bond acceptors (Lipinski definition) is 2. The molecule has 5 heteroatoms. The summed E-state index contributed by atoms with van der Waals surface area (Å²) < 4.78 is 13.6. The molecule has 1 unspecified atom stereocenters. The quantitative estimate of drug-likeness (QED) is 0.865. The Bertz CT molecular complexity index is 789. The summed E-state index contributed by atoms with van der Waals surface area (Å²) in [7, 11) is 0. The van der Waals surface area contributed by atoms with Crippen LogP contribution in [0.4, 0.5) is 4.39 Å². The van der Waals surface area contributed by atoms with E-state index in [1.807, 2.05) is 31.2 Å². The zero-order valence-corrected chi connectivity index (χ0v) is 14.9. The van der Waals surface area contributed by atoms with Crippen LogP contribution >= 0.6 is 0 Å². The Labute approximate surface area is 153 Å². The minimum Gasteiger partial charge on any atom is -0.352 e. The molecule has 2 amide bonds. The van der Waals surface area contributed by atoms with E-state index in [-0.39, 0.29) is 36.6 Å². The van der Waals surface area contributed by atoms with Gasteiger partial charge in [0.05, 0.1) is 0 Å². The minimum atomic E-state index is -0.329. The molecule has 2 aromatic carbocycles. The summed E-state index contributed by atoms with van der Waals surface area (Å²) in [6.45, 7) is 2.70. The van der Waals surface area contributed by atoms with Crippen molar-refractivity contribution >= 4 is 11.8 Å². The molecular formula is C21H23FN2O2. The van der Waals surface area contributed by atoms with Crippen molar-refractivity contribution in [2.24, 2.45) is 0 Å². The lowest BCUT2D eigenvalue weighted by Gasteiger charge is -2.24. The SMILES string of the molecule is Cc1ccc(CN2C(=O)CCC2CC(=O)NCc2ccccc2F)cc1. The predicted octanol–water partition coefficient (Wildman–Crippen LogP) is 3.33. The van der Waals surface area contributed by atoms with Crippen molar-refractivity contribution in [3.8, 4) is 0 Å². The van der Waals surface area contributed by atoms with E-state index in [2.05, 4.69) is 5.32 Å². The maximum absolute atomic E-state index is 13.6. The molecule has 26 heavy (non-hydrogen) atoms. The number of rotatable bonds is 6. The Morgan fingerprint density at radius 3 is 2.65 bits per heavy atom. The van der Waals surface area contributed by atoms with Gasteiger partial charge in [-0.25, -0.2) is 4.39 Å². The molecule has 1 N–H and O–H groups in total. The second-order valence-electron chi connectivity index (χ2n) is 6.77. The largest absolute Gasteiger partial charge is 0.352 e. The molecule has 2 aromatic rings. The second-order valence-corrected chi connectivity index (χ2v) is 6.77. The minimum absolute atomic E-state index is 0.0810. The summed E-state index contributed by atoms with van der Waals surface area (Å²) >= 11 is 0. The van der Waals surface area contributed by atoms with Crippen molar-refractivity contribution in [2.75, 3.05) is 0 Å². The van der Waals surface area contributed by atoms with Crippen molar-refractivity contribution < 1.29 is 14.0 Å². The lowest BCUT2D eigenvalue weighted by Crippen LogP contribution is -2.37. The number of nitrogens with zero attached hydrogens (tertiary/aromatic N) is 1. The third-order valence-corrected chi connectivity index (χ3v) is 4.78. The topological polar surface area (TPSA) is 49.4 Å². The van der Waals surface area contributed by atoms with Gasteiger partial charge in [-0.05, 0) is 25.0 Å². The van der Waals surface area contributed by atoms with E-state index >= 15 is 0 Å². The number of likely N-dealkylation sites (tertiary alicyclic amines) is 1. The molecule has 1 heterocycles. The third kappa shape index (κ3) is 4.48. The summed E-state index contributed by atoms with van der Waals surface area (Å²) in [6, 6.07) is 14.3. The van der Waals surface area contributed by atoms with E-state index in [1.165, 1.54) is 11.6 Å². The van der Waals surface area contributed by atoms with Gasteiger partial charge in [-0.2, -0.15) is 0 Å². The van der Waals surface area contributed by atoms with Gasteiger partial charge in [0.15, 0.2) is 0 Å². The van der Waals surface area contributed by atoms with Gasteiger partial charge in [-0.15, -0.1) is 0 Å². The molecule has 4 nitrogen and oxygen atoms in total. The van der Waals surface area contributed by atoms with Crippen LogP contribution in [0.1, 0.15) is 36.0 Å². The Morgan fingerprint density at radius 1 is 1.19 bits per heavy atom. The van der Waals surface area contributed by atoms with Gasteiger partial charge in [-0.3, -0.25) is 9.59 Å². The maximum atomic E-state index is 13.6. The predicted molar refractivity (Wildman–Crippen MR) is 97.6 cm³/mol. The molecule has 1 fully saturated rings. The maximum Gasteiger partial charge on any atom is 0.223 e. The summed E-state index contributed by atoms with van der Waals surface area (Å²) in [4.78, 5) is 26.3. The molecule has 0 aliphatic carbocycles. The van der Waals surface area contributed by atoms with E-state index in [0.717, 1.165) is 5.56 Å². The van der Waals surface area contributed by atoms with Crippen LogP contribution in [-0.2, 0) is 22.7 Å². The lowest BCUT2D eigenvalue weighted by atomic mass is 10.1. The summed E-state index contributed by atoms with van der Waals surface area (Å²) in [5, 5.41) is 2.76. The molecule has 0 bridgehead atoms. The standard InChI is InChI=1S/C21H23FN2O2/c1-15-6-8-16(9-7-15)14-24-18(10-11-21(24)26)12-20(25)23-13-17-4-2-3-5-19(17)22/h2-9,18H,10-14H2,1H3,(H,23,25). The van der Waals surface area contributed by atoms with E-state index < -0.39 is 0 Å². The highest BCUT2D eigenvalue weighted by Gasteiger charge is 2.32. The van der Waals surface area contributed by atoms with E-state index in [4.69, 9.17) is 0 Å². The van der Waals surface area contributed by atoms with Crippen LogP contribution in [0, 0.1) is 12.7 Å². The van der Waals surface area contributed by atoms with Gasteiger partial charge < -0.3 is 10.2 Å². The van der Waals surface area contributed by atoms with Gasteiger partial charge in [-0.1, -0.05) is 48.0 Å². The fraction of sp³-hybridized carbons (Fsp3) is 0.333. The normalized spacial score (nSPS) is 16.8. The molecular weight excluding hydrogens is 331 g/mol. The number of amides is 2. The number of aryl methyl sites for hydroxylation is 1. The Hall–Kier alpha value is -2.69. The van der Waals surface area contributed by atoms with Crippen LogP contribution in [-0.4, -0.2) is 22.8 Å². The third-order valence-electron chi connectivity index (χ3n) is 4.78. The van der Waals surface area contributed by atoms with Gasteiger partial charge >= 0.3 is 0 Å². The van der Waals surface area contributed by atoms with Crippen molar-refractivity contribution in [1.29, 1.82) is 0 Å². The number of nitrogens with one attached hydrogen (secondary N) is 1. The molecule has 1 atom stereocenters. The van der Waals surface area contributed by atoms with Crippen LogP contribution in [0.25, 0.3) is 0 Å². The smallest absolute Gasteiger partial charge is 0.223 e. The first-order valence-electron chi connectivity index (χ1n) is 8.88. The zero-order chi connectivity index (χ0) is 18.5. The van der Waals surface area contributed by atoms with Crippen molar-refractivity contribution in [3.05, 3.63) is 71.0 Å². The van der Waals surface area contributed by atoms with Crippen molar-refractivity contribution in [2.45, 2.75) is 45.3 Å². The van der Waals surface area contributed by atoms with Crippen LogP contribution in [0.15, 0.2) is 48.5 Å². The lowest BCUT2D eigenvalue weighted by molar-refractivity contribution is -0.130. The average Bonchev–Trinajstić information content (AvgIpc) is 2.96. The van der Waals surface area contributed by atoms with Gasteiger partial charge in [0.2, 0.25) is 11.8 Å². The van der Waals surface area contributed by atoms with Crippen molar-refractivity contribution in [3.63, 3.8) is 0 Å². The number of carbonyl (C=O) groups excluding carboxylic acids is 2. The molecule has 1 aliphatic heterocycles. The van der Waals surface area contributed by atoms with Crippen LogP contribution in [0.5, 0.6) is 0 Å². The van der Waals surface area contributed by atoms with Crippen LogP contribution < -0.4 is 5.32 Å². The second kappa shape index (κ2) is 8.13. The number of benzene rings is 2. The Kier molecular flexibility index (Phi) is 5.66. The Balaban J connectivity index is 1.57. The number of carbonyl (C=O) groups is 2. The fourth-order valence-electron chi connectivity index (χ4n) is 3.23. The van der Waals surface area contributed by atoms with E-state index in [9.17, 15) is 14.0 Å². The van der Waals surface area contributed by atoms with E-state index in [0.29, 0.717) is 24.9 Å².